The Balaban J connectivity index is 1.96. The van der Waals surface area contributed by atoms with Gasteiger partial charge in [0.1, 0.15) is 12.4 Å². The lowest BCUT2D eigenvalue weighted by Gasteiger charge is -2.03. The summed E-state index contributed by atoms with van der Waals surface area (Å²) in [6.07, 6.45) is 0. The van der Waals surface area contributed by atoms with Crippen molar-refractivity contribution in [3.8, 4) is 5.75 Å². The lowest BCUT2D eigenvalue weighted by Crippen LogP contribution is -1.92. The van der Waals surface area contributed by atoms with Crippen LogP contribution in [0.3, 0.4) is 0 Å². The summed E-state index contributed by atoms with van der Waals surface area (Å²) in [6, 6.07) is 12.2. The highest BCUT2D eigenvalue weighted by molar-refractivity contribution is 14.1. The predicted molar refractivity (Wildman–Crippen MR) is 75.5 cm³/mol. The van der Waals surface area contributed by atoms with Crippen LogP contribution in [-0.4, -0.2) is 0 Å². The van der Waals surface area contributed by atoms with E-state index >= 15 is 0 Å². The SMILES string of the molecule is Brc1ccc(COc2ccc(I)cc2)s1. The summed E-state index contributed by atoms with van der Waals surface area (Å²) in [6.45, 7) is 0.636. The van der Waals surface area contributed by atoms with E-state index < -0.39 is 0 Å². The number of benzene rings is 1. The van der Waals surface area contributed by atoms with Crippen LogP contribution in [-0.2, 0) is 6.61 Å². The van der Waals surface area contributed by atoms with Crippen LogP contribution in [0.25, 0.3) is 0 Å². The minimum Gasteiger partial charge on any atom is -0.488 e. The van der Waals surface area contributed by atoms with Crippen LogP contribution < -0.4 is 4.74 Å². The Labute approximate surface area is 115 Å². The molecule has 0 saturated heterocycles. The van der Waals surface area contributed by atoms with Gasteiger partial charge < -0.3 is 4.74 Å². The molecule has 0 unspecified atom stereocenters. The molecule has 0 radical (unpaired) electrons. The molecule has 2 rings (SSSR count). The van der Waals surface area contributed by atoms with Crippen LogP contribution in [0.1, 0.15) is 4.88 Å². The molecular formula is C11H8BrIOS. The smallest absolute Gasteiger partial charge is 0.122 e. The Hall–Kier alpha value is -0.0700. The van der Waals surface area contributed by atoms with Crippen molar-refractivity contribution < 1.29 is 4.74 Å². The summed E-state index contributed by atoms with van der Waals surface area (Å²) in [7, 11) is 0. The zero-order valence-electron chi connectivity index (χ0n) is 7.74. The van der Waals surface area contributed by atoms with E-state index in [0.29, 0.717) is 6.61 Å². The third-order valence-electron chi connectivity index (χ3n) is 1.82. The second-order valence-electron chi connectivity index (χ2n) is 2.95. The molecule has 0 aliphatic heterocycles. The quantitative estimate of drug-likeness (QED) is 0.686. The Morgan fingerprint density at radius 2 is 1.87 bits per heavy atom. The molecule has 0 atom stereocenters. The minimum absolute atomic E-state index is 0.636. The largest absolute Gasteiger partial charge is 0.488 e. The standard InChI is InChI=1S/C11H8BrIOS/c12-11-6-5-10(15-11)7-14-9-3-1-8(13)2-4-9/h1-6H,7H2. The molecule has 0 bridgehead atoms. The van der Waals surface area contributed by atoms with E-state index in [4.69, 9.17) is 4.74 Å². The molecule has 1 aromatic carbocycles. The van der Waals surface area contributed by atoms with Gasteiger partial charge in [0.15, 0.2) is 0 Å². The Morgan fingerprint density at radius 1 is 1.13 bits per heavy atom. The van der Waals surface area contributed by atoms with Gasteiger partial charge in [-0.05, 0) is 74.9 Å². The lowest BCUT2D eigenvalue weighted by molar-refractivity contribution is 0.310. The summed E-state index contributed by atoms with van der Waals surface area (Å²) in [5.74, 6) is 0.917. The maximum absolute atomic E-state index is 5.65. The van der Waals surface area contributed by atoms with Crippen LogP contribution in [0.2, 0.25) is 0 Å². The summed E-state index contributed by atoms with van der Waals surface area (Å²) in [5.41, 5.74) is 0. The Morgan fingerprint density at radius 3 is 2.47 bits per heavy atom. The summed E-state index contributed by atoms with van der Waals surface area (Å²) >= 11 is 7.41. The van der Waals surface area contributed by atoms with Crippen LogP contribution >= 0.6 is 49.9 Å². The second kappa shape index (κ2) is 5.32. The monoisotopic (exact) mass is 394 g/mol. The molecule has 78 valence electrons. The molecule has 0 fully saturated rings. The van der Waals surface area contributed by atoms with Crippen LogP contribution in [0, 0.1) is 3.57 Å². The van der Waals surface area contributed by atoms with E-state index in [1.165, 1.54) is 8.45 Å². The summed E-state index contributed by atoms with van der Waals surface area (Å²) in [5, 5.41) is 0. The van der Waals surface area contributed by atoms with Gasteiger partial charge in [-0.3, -0.25) is 0 Å². The summed E-state index contributed by atoms with van der Waals surface area (Å²) < 4.78 is 8.01. The van der Waals surface area contributed by atoms with E-state index in [9.17, 15) is 0 Å². The molecule has 4 heteroatoms. The molecule has 2 aromatic rings. The zero-order chi connectivity index (χ0) is 10.7. The fraction of sp³-hybridized carbons (Fsp3) is 0.0909. The highest BCUT2D eigenvalue weighted by Crippen LogP contribution is 2.23. The number of hydrogen-bond donors (Lipinski definition) is 0. The van der Waals surface area contributed by atoms with Crippen molar-refractivity contribution in [1.82, 2.24) is 0 Å². The average Bonchev–Trinajstić information content (AvgIpc) is 2.64. The summed E-state index contributed by atoms with van der Waals surface area (Å²) in [4.78, 5) is 1.22. The van der Waals surface area contributed by atoms with Crippen molar-refractivity contribution in [2.24, 2.45) is 0 Å². The number of ether oxygens (including phenoxy) is 1. The molecule has 1 heterocycles. The van der Waals surface area contributed by atoms with Gasteiger partial charge in [0.25, 0.3) is 0 Å². The fourth-order valence-corrected chi connectivity index (χ4v) is 2.87. The van der Waals surface area contributed by atoms with Crippen molar-refractivity contribution in [3.05, 3.63) is 48.6 Å². The molecule has 0 aliphatic carbocycles. The average molecular weight is 395 g/mol. The maximum atomic E-state index is 5.65. The maximum Gasteiger partial charge on any atom is 0.122 e. The van der Waals surface area contributed by atoms with Gasteiger partial charge in [-0.15, -0.1) is 11.3 Å². The van der Waals surface area contributed by atoms with Crippen molar-refractivity contribution in [2.45, 2.75) is 6.61 Å². The normalized spacial score (nSPS) is 10.3. The molecular weight excluding hydrogens is 387 g/mol. The Kier molecular flexibility index (Phi) is 4.05. The first-order valence-corrected chi connectivity index (χ1v) is 7.05. The minimum atomic E-state index is 0.636. The molecule has 1 aromatic heterocycles. The van der Waals surface area contributed by atoms with Gasteiger partial charge in [-0.1, -0.05) is 0 Å². The fourth-order valence-electron chi connectivity index (χ4n) is 1.11. The van der Waals surface area contributed by atoms with Crippen molar-refractivity contribution in [1.29, 1.82) is 0 Å². The first-order valence-electron chi connectivity index (χ1n) is 4.36. The highest BCUT2D eigenvalue weighted by Gasteiger charge is 1.99. The zero-order valence-corrected chi connectivity index (χ0v) is 12.3. The van der Waals surface area contributed by atoms with Gasteiger partial charge in [-0.2, -0.15) is 0 Å². The van der Waals surface area contributed by atoms with Crippen LogP contribution in [0.15, 0.2) is 40.2 Å². The van der Waals surface area contributed by atoms with E-state index in [2.05, 4.69) is 44.6 Å². The number of hydrogen-bond acceptors (Lipinski definition) is 2. The van der Waals surface area contributed by atoms with E-state index in [-0.39, 0.29) is 0 Å². The number of halogens is 2. The van der Waals surface area contributed by atoms with E-state index in [0.717, 1.165) is 9.54 Å². The first kappa shape index (κ1) is 11.4. The van der Waals surface area contributed by atoms with Gasteiger partial charge in [0.05, 0.1) is 3.79 Å². The van der Waals surface area contributed by atoms with Crippen molar-refractivity contribution in [3.63, 3.8) is 0 Å². The van der Waals surface area contributed by atoms with E-state index in [1.807, 2.05) is 30.3 Å². The van der Waals surface area contributed by atoms with Crippen LogP contribution in [0.5, 0.6) is 5.75 Å². The number of thiophene rings is 1. The van der Waals surface area contributed by atoms with E-state index in [1.54, 1.807) is 11.3 Å². The highest BCUT2D eigenvalue weighted by atomic mass is 127. The second-order valence-corrected chi connectivity index (χ2v) is 6.74. The van der Waals surface area contributed by atoms with Gasteiger partial charge in [0.2, 0.25) is 0 Å². The van der Waals surface area contributed by atoms with Gasteiger partial charge in [-0.25, -0.2) is 0 Å². The molecule has 0 N–H and O–H groups in total. The van der Waals surface area contributed by atoms with Crippen molar-refractivity contribution in [2.75, 3.05) is 0 Å². The Bertz CT molecular complexity index is 438. The van der Waals surface area contributed by atoms with Crippen LogP contribution in [0.4, 0.5) is 0 Å². The third-order valence-corrected chi connectivity index (χ3v) is 4.14. The topological polar surface area (TPSA) is 9.23 Å². The van der Waals surface area contributed by atoms with Crippen molar-refractivity contribution >= 4 is 49.9 Å². The number of rotatable bonds is 3. The third kappa shape index (κ3) is 3.46. The molecule has 1 nitrogen and oxygen atoms in total. The predicted octanol–water partition coefficient (Wildman–Crippen LogP) is 4.69. The molecule has 15 heavy (non-hydrogen) atoms. The molecule has 0 saturated carbocycles. The van der Waals surface area contributed by atoms with Gasteiger partial charge >= 0.3 is 0 Å². The first-order chi connectivity index (χ1) is 7.24. The molecule has 0 aliphatic rings. The van der Waals surface area contributed by atoms with Gasteiger partial charge in [0, 0.05) is 8.45 Å². The lowest BCUT2D eigenvalue weighted by atomic mass is 10.3. The molecule has 0 spiro atoms. The molecule has 0 amide bonds.